The molecule has 0 radical (unpaired) electrons. The molecule has 7 heteroatoms. The second-order valence-electron chi connectivity index (χ2n) is 7.73. The second kappa shape index (κ2) is 8.37. The zero-order valence-electron chi connectivity index (χ0n) is 16.6. The third-order valence-electron chi connectivity index (χ3n) is 5.86. The van der Waals surface area contributed by atoms with Crippen molar-refractivity contribution in [3.8, 4) is 0 Å². The third kappa shape index (κ3) is 4.05. The number of aryl methyl sites for hydroxylation is 1. The third-order valence-corrected chi connectivity index (χ3v) is 5.86. The van der Waals surface area contributed by atoms with E-state index in [1.54, 1.807) is 40.5 Å². The summed E-state index contributed by atoms with van der Waals surface area (Å²) in [5.74, 6) is -0.389. The molecule has 3 aromatic rings. The lowest BCUT2D eigenvalue weighted by Gasteiger charge is -2.28. The first-order valence-electron chi connectivity index (χ1n) is 10.2. The monoisotopic (exact) mass is 399 g/mol. The molecule has 0 spiro atoms. The maximum absolute atomic E-state index is 13.8. The van der Waals surface area contributed by atoms with Crippen molar-refractivity contribution in [1.82, 2.24) is 14.3 Å². The Morgan fingerprint density at radius 1 is 1.17 bits per heavy atom. The van der Waals surface area contributed by atoms with Crippen LogP contribution in [0.3, 0.4) is 0 Å². The van der Waals surface area contributed by atoms with Crippen LogP contribution in [0.5, 0.6) is 0 Å². The van der Waals surface area contributed by atoms with E-state index in [4.69, 9.17) is 4.74 Å². The minimum atomic E-state index is -0.387. The first kappa shape index (κ1) is 19.6. The number of hydrogen-bond donors (Lipinski definition) is 1. The molecule has 1 fully saturated rings. The summed E-state index contributed by atoms with van der Waals surface area (Å²) in [5.41, 5.74) is 1.68. The highest BCUT2D eigenvalue weighted by atomic mass is 19.1. The Kier molecular flexibility index (Phi) is 5.67. The zero-order chi connectivity index (χ0) is 20.4. The van der Waals surface area contributed by atoms with Gasteiger partial charge in [-0.3, -0.25) is 9.59 Å². The van der Waals surface area contributed by atoms with Gasteiger partial charge in [-0.2, -0.15) is 0 Å². The molecular formula is C22H26FN3O3. The molecule has 1 N–H and O–H groups in total. The predicted octanol–water partition coefficient (Wildman–Crippen LogP) is 3.25. The summed E-state index contributed by atoms with van der Waals surface area (Å²) in [7, 11) is 1.73. The first-order chi connectivity index (χ1) is 14.1. The number of carbonyl (C=O) groups excluding carboxylic acids is 1. The molecule has 6 nitrogen and oxygen atoms in total. The van der Waals surface area contributed by atoms with Crippen LogP contribution in [0.15, 0.2) is 41.3 Å². The van der Waals surface area contributed by atoms with E-state index in [0.29, 0.717) is 36.5 Å². The van der Waals surface area contributed by atoms with E-state index in [0.717, 1.165) is 31.2 Å². The number of amides is 1. The molecule has 0 unspecified atom stereocenters. The van der Waals surface area contributed by atoms with Crippen molar-refractivity contribution >= 4 is 22.5 Å². The summed E-state index contributed by atoms with van der Waals surface area (Å²) >= 11 is 0. The van der Waals surface area contributed by atoms with Crippen molar-refractivity contribution in [2.75, 3.05) is 7.11 Å². The quantitative estimate of drug-likeness (QED) is 0.692. The van der Waals surface area contributed by atoms with Gasteiger partial charge >= 0.3 is 0 Å². The van der Waals surface area contributed by atoms with Gasteiger partial charge in [0.2, 0.25) is 5.91 Å². The Bertz CT molecular complexity index is 1080. The maximum atomic E-state index is 13.8. The molecule has 0 atom stereocenters. The number of aromatic nitrogens is 2. The summed E-state index contributed by atoms with van der Waals surface area (Å²) in [6, 6.07) is 8.20. The standard InChI is InChI=1S/C22H26FN3O3/c1-29-17-9-7-16(8-10-17)24-21(27)5-3-13-26-20-14-15(23)6-11-18(20)25-12-2-4-19(25)22(26)28/h2,4,6,11-12,14,16-17H,3,5,7-10,13H2,1H3,(H,24,27). The minimum Gasteiger partial charge on any atom is -0.381 e. The molecule has 1 amide bonds. The van der Waals surface area contributed by atoms with Gasteiger partial charge in [0, 0.05) is 32.3 Å². The van der Waals surface area contributed by atoms with E-state index in [1.165, 1.54) is 12.1 Å². The molecule has 2 heterocycles. The molecular weight excluding hydrogens is 373 g/mol. The summed E-state index contributed by atoms with van der Waals surface area (Å²) < 4.78 is 22.6. The van der Waals surface area contributed by atoms with Gasteiger partial charge in [0.15, 0.2) is 0 Å². The van der Waals surface area contributed by atoms with Crippen LogP contribution in [0.2, 0.25) is 0 Å². The number of fused-ring (bicyclic) bond motifs is 3. The lowest BCUT2D eigenvalue weighted by Crippen LogP contribution is -2.39. The Balaban J connectivity index is 1.44. The molecule has 0 bridgehead atoms. The number of hydrogen-bond acceptors (Lipinski definition) is 3. The highest BCUT2D eigenvalue weighted by Gasteiger charge is 2.22. The van der Waals surface area contributed by atoms with Gasteiger partial charge in [0.05, 0.1) is 17.1 Å². The van der Waals surface area contributed by atoms with Gasteiger partial charge < -0.3 is 19.0 Å². The van der Waals surface area contributed by atoms with Crippen molar-refractivity contribution in [2.45, 2.75) is 57.2 Å². The number of nitrogens with zero attached hydrogens (tertiary/aromatic N) is 2. The average molecular weight is 399 g/mol. The van der Waals surface area contributed by atoms with Gasteiger partial charge in [-0.25, -0.2) is 4.39 Å². The van der Waals surface area contributed by atoms with E-state index in [-0.39, 0.29) is 23.3 Å². The van der Waals surface area contributed by atoms with Gasteiger partial charge in [-0.15, -0.1) is 0 Å². The molecule has 1 aliphatic rings. The largest absolute Gasteiger partial charge is 0.381 e. The summed E-state index contributed by atoms with van der Waals surface area (Å²) in [5, 5.41) is 3.09. The molecule has 154 valence electrons. The van der Waals surface area contributed by atoms with E-state index in [1.807, 2.05) is 0 Å². The smallest absolute Gasteiger partial charge is 0.275 e. The predicted molar refractivity (Wildman–Crippen MR) is 110 cm³/mol. The van der Waals surface area contributed by atoms with Crippen molar-refractivity contribution in [2.24, 2.45) is 0 Å². The van der Waals surface area contributed by atoms with E-state index < -0.39 is 0 Å². The number of carbonyl (C=O) groups is 1. The van der Waals surface area contributed by atoms with Crippen LogP contribution in [0, 0.1) is 5.82 Å². The highest BCUT2D eigenvalue weighted by Crippen LogP contribution is 2.21. The van der Waals surface area contributed by atoms with E-state index in [2.05, 4.69) is 5.32 Å². The van der Waals surface area contributed by atoms with Gasteiger partial charge in [-0.1, -0.05) is 0 Å². The molecule has 1 saturated carbocycles. The van der Waals surface area contributed by atoms with Crippen LogP contribution in [0.4, 0.5) is 4.39 Å². The van der Waals surface area contributed by atoms with E-state index in [9.17, 15) is 14.0 Å². The fourth-order valence-corrected chi connectivity index (χ4v) is 4.29. The van der Waals surface area contributed by atoms with E-state index >= 15 is 0 Å². The highest BCUT2D eigenvalue weighted by molar-refractivity contribution is 5.79. The Labute approximate surface area is 168 Å². The van der Waals surface area contributed by atoms with Crippen LogP contribution in [-0.2, 0) is 16.1 Å². The Morgan fingerprint density at radius 3 is 2.72 bits per heavy atom. The van der Waals surface area contributed by atoms with Crippen LogP contribution in [0.25, 0.3) is 16.6 Å². The molecule has 2 aromatic heterocycles. The number of methoxy groups -OCH3 is 1. The number of rotatable bonds is 6. The van der Waals surface area contributed by atoms with Gasteiger partial charge in [0.25, 0.3) is 5.56 Å². The number of halogens is 1. The van der Waals surface area contributed by atoms with Crippen molar-refractivity contribution in [3.05, 3.63) is 52.7 Å². The normalized spacial score (nSPS) is 19.7. The molecule has 1 aromatic carbocycles. The summed E-state index contributed by atoms with van der Waals surface area (Å²) in [6.07, 6.45) is 6.73. The second-order valence-corrected chi connectivity index (χ2v) is 7.73. The van der Waals surface area contributed by atoms with Gasteiger partial charge in [-0.05, 0) is 62.4 Å². The number of nitrogens with one attached hydrogen (secondary N) is 1. The summed E-state index contributed by atoms with van der Waals surface area (Å²) in [6.45, 7) is 0.365. The topological polar surface area (TPSA) is 64.7 Å². The SMILES string of the molecule is COC1CCC(NC(=O)CCCn2c(=O)c3cccn3c3ccc(F)cc32)CC1. The van der Waals surface area contributed by atoms with Crippen molar-refractivity contribution in [1.29, 1.82) is 0 Å². The average Bonchev–Trinajstić information content (AvgIpc) is 3.21. The Hall–Kier alpha value is -2.67. The number of ether oxygens (including phenoxy) is 1. The fraction of sp³-hybridized carbons (Fsp3) is 0.455. The molecule has 29 heavy (non-hydrogen) atoms. The summed E-state index contributed by atoms with van der Waals surface area (Å²) in [4.78, 5) is 25.2. The molecule has 1 aliphatic carbocycles. The molecule has 0 saturated heterocycles. The minimum absolute atomic E-state index is 0.00170. The van der Waals surface area contributed by atoms with Crippen LogP contribution >= 0.6 is 0 Å². The molecule has 4 rings (SSSR count). The maximum Gasteiger partial charge on any atom is 0.275 e. The lowest BCUT2D eigenvalue weighted by molar-refractivity contribution is -0.122. The van der Waals surface area contributed by atoms with Crippen molar-refractivity contribution < 1.29 is 13.9 Å². The van der Waals surface area contributed by atoms with Gasteiger partial charge in [0.1, 0.15) is 11.3 Å². The lowest BCUT2D eigenvalue weighted by atomic mass is 9.93. The van der Waals surface area contributed by atoms with Crippen LogP contribution in [0.1, 0.15) is 38.5 Å². The zero-order valence-corrected chi connectivity index (χ0v) is 16.6. The van der Waals surface area contributed by atoms with Crippen molar-refractivity contribution in [3.63, 3.8) is 0 Å². The number of benzene rings is 1. The van der Waals surface area contributed by atoms with Crippen LogP contribution < -0.4 is 10.9 Å². The fourth-order valence-electron chi connectivity index (χ4n) is 4.29. The Morgan fingerprint density at radius 2 is 1.97 bits per heavy atom. The molecule has 0 aliphatic heterocycles. The first-order valence-corrected chi connectivity index (χ1v) is 10.2. The van der Waals surface area contributed by atoms with Crippen LogP contribution in [-0.4, -0.2) is 34.1 Å².